The van der Waals surface area contributed by atoms with Crippen LogP contribution in [-0.2, 0) is 16.1 Å². The SMILES string of the molecule is C[C@H]1C[C@H](Oc2cccc(-c3cccc(CNCCC4CN(c5ccc6c(n5)NC(=O)CO6)C(=O)O4)c3)n2)CN1. The predicted molar refractivity (Wildman–Crippen MR) is 148 cm³/mol. The van der Waals surface area contributed by atoms with Gasteiger partial charge in [0.25, 0.3) is 5.91 Å². The van der Waals surface area contributed by atoms with Gasteiger partial charge in [-0.2, -0.15) is 0 Å². The number of aromatic nitrogens is 2. The number of carbonyl (C=O) groups excluding carboxylic acids is 2. The minimum absolute atomic E-state index is 0.0455. The van der Waals surface area contributed by atoms with Crippen molar-refractivity contribution in [3.63, 3.8) is 0 Å². The van der Waals surface area contributed by atoms with Crippen LogP contribution < -0.4 is 30.3 Å². The monoisotopic (exact) mass is 544 g/mol. The highest BCUT2D eigenvalue weighted by atomic mass is 16.6. The lowest BCUT2D eigenvalue weighted by atomic mass is 10.1. The van der Waals surface area contributed by atoms with Crippen LogP contribution in [0.3, 0.4) is 0 Å². The van der Waals surface area contributed by atoms with Crippen molar-refractivity contribution < 1.29 is 23.8 Å². The van der Waals surface area contributed by atoms with Crippen LogP contribution in [0.2, 0.25) is 0 Å². The smallest absolute Gasteiger partial charge is 0.415 e. The second-order valence-corrected chi connectivity index (χ2v) is 10.3. The van der Waals surface area contributed by atoms with Gasteiger partial charge in [0.05, 0.1) is 12.2 Å². The summed E-state index contributed by atoms with van der Waals surface area (Å²) in [6.07, 6.45) is 1.06. The normalized spacial score (nSPS) is 21.9. The first-order valence-electron chi connectivity index (χ1n) is 13.6. The van der Waals surface area contributed by atoms with Crippen molar-refractivity contribution in [1.82, 2.24) is 20.6 Å². The Kier molecular flexibility index (Phi) is 7.47. The van der Waals surface area contributed by atoms with E-state index >= 15 is 0 Å². The highest BCUT2D eigenvalue weighted by Crippen LogP contribution is 2.30. The average molecular weight is 545 g/mol. The standard InChI is InChI=1S/C29H32N6O5/c1-18-12-22(15-31-18)39-27-7-3-6-23(32-27)20-5-2-4-19(13-20)14-30-11-10-21-16-35(29(37)40-21)25-9-8-24-28(33-25)34-26(36)17-38-24/h2-9,13,18,21-22,30-31H,10-12,14-17H2,1H3,(H,33,34,36)/t18-,21?,22-/m0/s1. The lowest BCUT2D eigenvalue weighted by Gasteiger charge is -2.19. The molecular weight excluding hydrogens is 512 g/mol. The molecule has 11 heteroatoms. The zero-order chi connectivity index (χ0) is 27.5. The Bertz CT molecular complexity index is 1400. The van der Waals surface area contributed by atoms with Crippen LogP contribution in [0.4, 0.5) is 16.4 Å². The quantitative estimate of drug-likeness (QED) is 0.348. The average Bonchev–Trinajstić information content (AvgIpc) is 3.55. The Hall–Kier alpha value is -4.22. The zero-order valence-corrected chi connectivity index (χ0v) is 22.3. The molecular formula is C29H32N6O5. The Morgan fingerprint density at radius 3 is 2.90 bits per heavy atom. The summed E-state index contributed by atoms with van der Waals surface area (Å²) in [6.45, 7) is 4.69. The van der Waals surface area contributed by atoms with Crippen molar-refractivity contribution in [2.75, 3.05) is 36.5 Å². The zero-order valence-electron chi connectivity index (χ0n) is 22.3. The van der Waals surface area contributed by atoms with Gasteiger partial charge in [-0.05, 0) is 49.7 Å². The van der Waals surface area contributed by atoms with E-state index in [9.17, 15) is 9.59 Å². The van der Waals surface area contributed by atoms with Crippen LogP contribution in [0.5, 0.6) is 11.6 Å². The number of ether oxygens (including phenoxy) is 3. The number of carbonyl (C=O) groups is 2. The molecule has 3 aliphatic heterocycles. The minimum Gasteiger partial charge on any atom is -0.480 e. The molecule has 2 fully saturated rings. The molecule has 11 nitrogen and oxygen atoms in total. The van der Waals surface area contributed by atoms with E-state index in [1.807, 2.05) is 30.3 Å². The molecule has 3 aromatic rings. The number of hydrogen-bond acceptors (Lipinski definition) is 9. The van der Waals surface area contributed by atoms with Crippen molar-refractivity contribution in [1.29, 1.82) is 0 Å². The summed E-state index contributed by atoms with van der Waals surface area (Å²) in [5.74, 6) is 1.57. The van der Waals surface area contributed by atoms with Crippen LogP contribution in [0.15, 0.2) is 54.6 Å². The number of benzene rings is 1. The Labute approximate surface area is 232 Å². The molecule has 0 saturated carbocycles. The first kappa shape index (κ1) is 26.0. The second kappa shape index (κ2) is 11.5. The van der Waals surface area contributed by atoms with Crippen molar-refractivity contribution >= 4 is 23.6 Å². The highest BCUT2D eigenvalue weighted by Gasteiger charge is 2.33. The molecule has 3 atom stereocenters. The number of amides is 2. The van der Waals surface area contributed by atoms with Gasteiger partial charge in [-0.1, -0.05) is 24.3 Å². The summed E-state index contributed by atoms with van der Waals surface area (Å²) < 4.78 is 17.0. The predicted octanol–water partition coefficient (Wildman–Crippen LogP) is 3.11. The van der Waals surface area contributed by atoms with Crippen LogP contribution in [-0.4, -0.2) is 66.5 Å². The van der Waals surface area contributed by atoms with Crippen molar-refractivity contribution in [3.05, 3.63) is 60.2 Å². The fraction of sp³-hybridized carbons (Fsp3) is 0.379. The molecule has 6 rings (SSSR count). The molecule has 208 valence electrons. The molecule has 2 amide bonds. The van der Waals surface area contributed by atoms with E-state index in [0.29, 0.717) is 55.4 Å². The number of anilines is 2. The van der Waals surface area contributed by atoms with E-state index in [2.05, 4.69) is 40.0 Å². The van der Waals surface area contributed by atoms with Gasteiger partial charge in [0.1, 0.15) is 18.0 Å². The molecule has 1 unspecified atom stereocenters. The third kappa shape index (κ3) is 6.00. The third-order valence-corrected chi connectivity index (χ3v) is 7.13. The van der Waals surface area contributed by atoms with E-state index in [1.54, 1.807) is 12.1 Å². The summed E-state index contributed by atoms with van der Waals surface area (Å²) >= 11 is 0. The van der Waals surface area contributed by atoms with Gasteiger partial charge in [0.15, 0.2) is 18.2 Å². The third-order valence-electron chi connectivity index (χ3n) is 7.13. The van der Waals surface area contributed by atoms with Crippen molar-refractivity contribution in [2.24, 2.45) is 0 Å². The van der Waals surface area contributed by atoms with Gasteiger partial charge >= 0.3 is 6.09 Å². The molecule has 3 N–H and O–H groups in total. The van der Waals surface area contributed by atoms with E-state index in [-0.39, 0.29) is 24.7 Å². The van der Waals surface area contributed by atoms with E-state index in [4.69, 9.17) is 19.2 Å². The lowest BCUT2D eigenvalue weighted by Crippen LogP contribution is -2.29. The summed E-state index contributed by atoms with van der Waals surface area (Å²) in [7, 11) is 0. The Balaban J connectivity index is 0.997. The first-order valence-corrected chi connectivity index (χ1v) is 13.6. The number of cyclic esters (lactones) is 1. The number of fused-ring (bicyclic) bond motifs is 1. The molecule has 5 heterocycles. The molecule has 2 aromatic heterocycles. The highest BCUT2D eigenvalue weighted by molar-refractivity contribution is 5.95. The first-order chi connectivity index (χ1) is 19.5. The molecule has 2 saturated heterocycles. The fourth-order valence-corrected chi connectivity index (χ4v) is 5.09. The lowest BCUT2D eigenvalue weighted by molar-refractivity contribution is -0.118. The number of hydrogen-bond donors (Lipinski definition) is 3. The van der Waals surface area contributed by atoms with Gasteiger partial charge in [-0.15, -0.1) is 0 Å². The maximum absolute atomic E-state index is 12.5. The minimum atomic E-state index is -0.453. The second-order valence-electron chi connectivity index (χ2n) is 10.3. The molecule has 3 aliphatic rings. The molecule has 0 radical (unpaired) electrons. The summed E-state index contributed by atoms with van der Waals surface area (Å²) in [4.78, 5) is 34.7. The van der Waals surface area contributed by atoms with E-state index < -0.39 is 6.09 Å². The summed E-state index contributed by atoms with van der Waals surface area (Å²) in [5, 5.41) is 9.51. The topological polar surface area (TPSA) is 127 Å². The maximum atomic E-state index is 12.5. The van der Waals surface area contributed by atoms with Crippen LogP contribution in [0.25, 0.3) is 11.3 Å². The van der Waals surface area contributed by atoms with E-state index in [1.165, 1.54) is 4.90 Å². The van der Waals surface area contributed by atoms with Gasteiger partial charge in [0.2, 0.25) is 5.88 Å². The van der Waals surface area contributed by atoms with E-state index in [0.717, 1.165) is 29.8 Å². The fourth-order valence-electron chi connectivity index (χ4n) is 5.09. The van der Waals surface area contributed by atoms with Crippen LogP contribution >= 0.6 is 0 Å². The van der Waals surface area contributed by atoms with Crippen molar-refractivity contribution in [3.8, 4) is 22.9 Å². The molecule has 0 aliphatic carbocycles. The Morgan fingerprint density at radius 1 is 1.12 bits per heavy atom. The molecule has 0 bridgehead atoms. The number of nitrogens with one attached hydrogen (secondary N) is 3. The molecule has 0 spiro atoms. The van der Waals surface area contributed by atoms with Gasteiger partial charge < -0.3 is 30.2 Å². The van der Waals surface area contributed by atoms with Crippen molar-refractivity contribution in [2.45, 2.75) is 44.6 Å². The van der Waals surface area contributed by atoms with Gasteiger partial charge in [-0.3, -0.25) is 9.69 Å². The largest absolute Gasteiger partial charge is 0.480 e. The number of rotatable bonds is 9. The summed E-state index contributed by atoms with van der Waals surface area (Å²) in [6, 6.07) is 18.0. The van der Waals surface area contributed by atoms with Crippen LogP contribution in [0.1, 0.15) is 25.3 Å². The van der Waals surface area contributed by atoms with Gasteiger partial charge in [-0.25, -0.2) is 14.8 Å². The van der Waals surface area contributed by atoms with Gasteiger partial charge in [0, 0.05) is 37.2 Å². The molecule has 40 heavy (non-hydrogen) atoms. The molecule has 1 aromatic carbocycles. The Morgan fingerprint density at radius 2 is 2.02 bits per heavy atom. The summed E-state index contributed by atoms with van der Waals surface area (Å²) in [5.41, 5.74) is 3.03. The number of pyridine rings is 2. The van der Waals surface area contributed by atoms with Crippen LogP contribution in [0, 0.1) is 0 Å². The number of nitrogens with zero attached hydrogens (tertiary/aromatic N) is 3. The maximum Gasteiger partial charge on any atom is 0.415 e.